The summed E-state index contributed by atoms with van der Waals surface area (Å²) in [6.45, 7) is 6.42. The van der Waals surface area contributed by atoms with E-state index < -0.39 is 0 Å². The van der Waals surface area contributed by atoms with E-state index in [1.54, 1.807) is 12.1 Å². The van der Waals surface area contributed by atoms with Gasteiger partial charge in [-0.25, -0.2) is 4.39 Å². The maximum atomic E-state index is 13.6. The molecule has 0 spiro atoms. The van der Waals surface area contributed by atoms with Crippen molar-refractivity contribution in [3.8, 4) is 0 Å². The minimum atomic E-state index is -0.0645. The summed E-state index contributed by atoms with van der Waals surface area (Å²) in [5.74, 6) is -0.0645. The molecular weight excluding hydrogens is 175 g/mol. The van der Waals surface area contributed by atoms with Crippen LogP contribution < -0.4 is 0 Å². The molecule has 0 aliphatic carbocycles. The molecule has 0 saturated carbocycles. The van der Waals surface area contributed by atoms with Gasteiger partial charge < -0.3 is 0 Å². The molecular formula is C13H19F. The lowest BCUT2D eigenvalue weighted by atomic mass is 9.76. The van der Waals surface area contributed by atoms with Crippen LogP contribution in [0.5, 0.6) is 0 Å². The number of halogens is 1. The topological polar surface area (TPSA) is 0 Å². The molecule has 1 aromatic rings. The number of hydrogen-bond donors (Lipinski definition) is 0. The molecule has 1 unspecified atom stereocenters. The van der Waals surface area contributed by atoms with E-state index in [1.165, 1.54) is 0 Å². The Bertz CT molecular complexity index is 293. The summed E-state index contributed by atoms with van der Waals surface area (Å²) in [5.41, 5.74) is 0.865. The smallest absolute Gasteiger partial charge is 0.126 e. The van der Waals surface area contributed by atoms with Crippen LogP contribution in [0.3, 0.4) is 0 Å². The first kappa shape index (κ1) is 11.2. The van der Waals surface area contributed by atoms with Crippen LogP contribution >= 0.6 is 0 Å². The van der Waals surface area contributed by atoms with Crippen LogP contribution in [0.4, 0.5) is 4.39 Å². The molecule has 0 aliphatic rings. The lowest BCUT2D eigenvalue weighted by Crippen LogP contribution is -2.22. The van der Waals surface area contributed by atoms with Gasteiger partial charge in [-0.1, -0.05) is 45.4 Å². The van der Waals surface area contributed by atoms with Gasteiger partial charge in [0.25, 0.3) is 0 Å². The normalized spacial score (nSPS) is 15.1. The van der Waals surface area contributed by atoms with Crippen LogP contribution in [-0.4, -0.2) is 0 Å². The fourth-order valence-electron chi connectivity index (χ4n) is 2.00. The Hall–Kier alpha value is -0.850. The highest BCUT2D eigenvalue weighted by molar-refractivity contribution is 5.26. The highest BCUT2D eigenvalue weighted by Gasteiger charge is 2.25. The summed E-state index contributed by atoms with van der Waals surface area (Å²) in [7, 11) is 0. The molecule has 1 rings (SSSR count). The second kappa shape index (κ2) is 4.59. The molecule has 78 valence electrons. The van der Waals surface area contributed by atoms with Crippen molar-refractivity contribution in [2.24, 2.45) is 0 Å². The van der Waals surface area contributed by atoms with Crippen molar-refractivity contribution in [1.29, 1.82) is 0 Å². The van der Waals surface area contributed by atoms with Crippen molar-refractivity contribution >= 4 is 0 Å². The largest absolute Gasteiger partial charge is 0.207 e. The van der Waals surface area contributed by atoms with Crippen molar-refractivity contribution in [1.82, 2.24) is 0 Å². The van der Waals surface area contributed by atoms with Crippen LogP contribution in [0.15, 0.2) is 24.3 Å². The third-order valence-electron chi connectivity index (χ3n) is 3.11. The molecule has 0 saturated heterocycles. The monoisotopic (exact) mass is 194 g/mol. The molecule has 0 fully saturated rings. The Morgan fingerprint density at radius 1 is 1.21 bits per heavy atom. The molecule has 1 aromatic carbocycles. The highest BCUT2D eigenvalue weighted by Crippen LogP contribution is 2.33. The van der Waals surface area contributed by atoms with Crippen LogP contribution in [-0.2, 0) is 5.41 Å². The van der Waals surface area contributed by atoms with E-state index in [2.05, 4.69) is 20.8 Å². The predicted molar refractivity (Wildman–Crippen MR) is 59.0 cm³/mol. The number of hydrogen-bond acceptors (Lipinski definition) is 0. The molecule has 0 N–H and O–H groups in total. The summed E-state index contributed by atoms with van der Waals surface area (Å²) in [5, 5.41) is 0. The first-order valence-electron chi connectivity index (χ1n) is 5.39. The Balaban J connectivity index is 3.05. The summed E-state index contributed by atoms with van der Waals surface area (Å²) in [6.07, 6.45) is 3.13. The Kier molecular flexibility index (Phi) is 3.68. The van der Waals surface area contributed by atoms with Gasteiger partial charge in [-0.05, 0) is 29.9 Å². The average molecular weight is 194 g/mol. The third kappa shape index (κ3) is 2.14. The molecule has 0 heterocycles. The molecule has 0 amide bonds. The first-order chi connectivity index (χ1) is 6.64. The molecule has 0 aliphatic heterocycles. The second-order valence-electron chi connectivity index (χ2n) is 4.14. The fourth-order valence-corrected chi connectivity index (χ4v) is 2.00. The van der Waals surface area contributed by atoms with Crippen molar-refractivity contribution in [2.75, 3.05) is 0 Å². The van der Waals surface area contributed by atoms with Gasteiger partial charge in [-0.3, -0.25) is 0 Å². The summed E-state index contributed by atoms with van der Waals surface area (Å²) in [6, 6.07) is 7.14. The Morgan fingerprint density at radius 2 is 1.86 bits per heavy atom. The number of benzene rings is 1. The zero-order valence-electron chi connectivity index (χ0n) is 9.31. The molecule has 0 radical (unpaired) electrons. The predicted octanol–water partition coefficient (Wildman–Crippen LogP) is 4.29. The van der Waals surface area contributed by atoms with E-state index in [1.807, 2.05) is 12.1 Å². The minimum absolute atomic E-state index is 0.0000926. The van der Waals surface area contributed by atoms with Gasteiger partial charge in [0, 0.05) is 0 Å². The van der Waals surface area contributed by atoms with E-state index in [9.17, 15) is 4.39 Å². The molecule has 1 heteroatoms. The third-order valence-corrected chi connectivity index (χ3v) is 3.11. The minimum Gasteiger partial charge on any atom is -0.207 e. The maximum Gasteiger partial charge on any atom is 0.126 e. The average Bonchev–Trinajstić information content (AvgIpc) is 2.18. The Morgan fingerprint density at radius 3 is 2.36 bits per heavy atom. The number of rotatable bonds is 4. The van der Waals surface area contributed by atoms with Crippen LogP contribution in [0.2, 0.25) is 0 Å². The van der Waals surface area contributed by atoms with Crippen molar-refractivity contribution < 1.29 is 4.39 Å². The van der Waals surface area contributed by atoms with E-state index in [4.69, 9.17) is 0 Å². The van der Waals surface area contributed by atoms with Gasteiger partial charge in [0.15, 0.2) is 0 Å². The van der Waals surface area contributed by atoms with Crippen LogP contribution in [0.1, 0.15) is 45.6 Å². The Labute approximate surface area is 86.2 Å². The summed E-state index contributed by atoms with van der Waals surface area (Å²) < 4.78 is 13.6. The molecule has 14 heavy (non-hydrogen) atoms. The van der Waals surface area contributed by atoms with Crippen LogP contribution in [0.25, 0.3) is 0 Å². The van der Waals surface area contributed by atoms with Crippen molar-refractivity contribution in [3.63, 3.8) is 0 Å². The lowest BCUT2D eigenvalue weighted by Gasteiger charge is -2.28. The van der Waals surface area contributed by atoms with Gasteiger partial charge in [-0.2, -0.15) is 0 Å². The SMILES string of the molecule is CCCC(C)(CC)c1ccccc1F. The highest BCUT2D eigenvalue weighted by atomic mass is 19.1. The standard InChI is InChI=1S/C13H19F/c1-4-10-13(3,5-2)11-8-6-7-9-12(11)14/h6-9H,4-5,10H2,1-3H3. The van der Waals surface area contributed by atoms with Crippen LogP contribution in [0, 0.1) is 5.82 Å². The first-order valence-corrected chi connectivity index (χ1v) is 5.39. The zero-order valence-corrected chi connectivity index (χ0v) is 9.31. The quantitative estimate of drug-likeness (QED) is 0.670. The zero-order chi connectivity index (χ0) is 10.6. The van der Waals surface area contributed by atoms with Gasteiger partial charge >= 0.3 is 0 Å². The maximum absolute atomic E-state index is 13.6. The van der Waals surface area contributed by atoms with Crippen molar-refractivity contribution in [2.45, 2.75) is 45.4 Å². The van der Waals surface area contributed by atoms with E-state index in [0.29, 0.717) is 0 Å². The second-order valence-corrected chi connectivity index (χ2v) is 4.14. The van der Waals surface area contributed by atoms with Gasteiger partial charge in [-0.15, -0.1) is 0 Å². The van der Waals surface area contributed by atoms with Crippen molar-refractivity contribution in [3.05, 3.63) is 35.6 Å². The van der Waals surface area contributed by atoms with E-state index in [-0.39, 0.29) is 11.2 Å². The molecule has 1 atom stereocenters. The van der Waals surface area contributed by atoms with E-state index in [0.717, 1.165) is 24.8 Å². The lowest BCUT2D eigenvalue weighted by molar-refractivity contribution is 0.394. The van der Waals surface area contributed by atoms with Gasteiger partial charge in [0.2, 0.25) is 0 Å². The summed E-state index contributed by atoms with van der Waals surface area (Å²) in [4.78, 5) is 0. The molecule has 0 bridgehead atoms. The molecule has 0 nitrogen and oxygen atoms in total. The van der Waals surface area contributed by atoms with Gasteiger partial charge in [0.05, 0.1) is 0 Å². The van der Waals surface area contributed by atoms with E-state index >= 15 is 0 Å². The summed E-state index contributed by atoms with van der Waals surface area (Å²) >= 11 is 0. The van der Waals surface area contributed by atoms with Gasteiger partial charge in [0.1, 0.15) is 5.82 Å². The molecule has 0 aromatic heterocycles. The fraction of sp³-hybridized carbons (Fsp3) is 0.538.